The highest BCUT2D eigenvalue weighted by atomic mass is 35.5. The van der Waals surface area contributed by atoms with Crippen LogP contribution in [-0.4, -0.2) is 20.3 Å². The zero-order valence-electron chi connectivity index (χ0n) is 9.58. The molecule has 0 aromatic heterocycles. The van der Waals surface area contributed by atoms with Crippen LogP contribution >= 0.6 is 11.6 Å². The molecular weight excluding hydrogens is 222 g/mol. The maximum absolute atomic E-state index is 6.01. The summed E-state index contributed by atoms with van der Waals surface area (Å²) < 4.78 is 5.24. The minimum absolute atomic E-state index is 0.424. The van der Waals surface area contributed by atoms with Gasteiger partial charge in [-0.1, -0.05) is 23.7 Å². The second-order valence-electron chi connectivity index (χ2n) is 4.41. The van der Waals surface area contributed by atoms with Crippen LogP contribution in [0.5, 0.6) is 0 Å². The fourth-order valence-electron chi connectivity index (χ4n) is 2.36. The van der Waals surface area contributed by atoms with E-state index in [9.17, 15) is 0 Å². The van der Waals surface area contributed by atoms with Crippen molar-refractivity contribution in [1.29, 1.82) is 0 Å². The SMILES string of the molecule is COCC1CCNC(c2cccc(Cl)c2)C1. The van der Waals surface area contributed by atoms with Crippen LogP contribution in [0.4, 0.5) is 0 Å². The molecule has 3 heteroatoms. The first kappa shape index (κ1) is 11.9. The predicted octanol–water partition coefficient (Wildman–Crippen LogP) is 3.03. The van der Waals surface area contributed by atoms with Gasteiger partial charge in [-0.3, -0.25) is 0 Å². The molecule has 2 atom stereocenters. The summed E-state index contributed by atoms with van der Waals surface area (Å²) in [6, 6.07) is 8.54. The third-order valence-corrected chi connectivity index (χ3v) is 3.40. The van der Waals surface area contributed by atoms with Crippen LogP contribution in [-0.2, 0) is 4.74 Å². The second kappa shape index (κ2) is 5.67. The van der Waals surface area contributed by atoms with E-state index in [1.165, 1.54) is 12.0 Å². The van der Waals surface area contributed by atoms with E-state index in [1.54, 1.807) is 7.11 Å². The number of hydrogen-bond acceptors (Lipinski definition) is 2. The summed E-state index contributed by atoms with van der Waals surface area (Å²) in [5.41, 5.74) is 1.29. The Morgan fingerprint density at radius 1 is 1.50 bits per heavy atom. The Balaban J connectivity index is 2.03. The summed E-state index contributed by atoms with van der Waals surface area (Å²) in [4.78, 5) is 0. The molecule has 0 radical (unpaired) electrons. The van der Waals surface area contributed by atoms with Crippen molar-refractivity contribution in [2.45, 2.75) is 18.9 Å². The first-order valence-electron chi connectivity index (χ1n) is 5.77. The molecule has 1 heterocycles. The lowest BCUT2D eigenvalue weighted by molar-refractivity contribution is 0.124. The summed E-state index contributed by atoms with van der Waals surface area (Å²) in [7, 11) is 1.77. The minimum Gasteiger partial charge on any atom is -0.384 e. The van der Waals surface area contributed by atoms with Gasteiger partial charge in [0.25, 0.3) is 0 Å². The van der Waals surface area contributed by atoms with Gasteiger partial charge in [-0.2, -0.15) is 0 Å². The molecule has 0 amide bonds. The molecule has 0 bridgehead atoms. The van der Waals surface area contributed by atoms with Gasteiger partial charge in [-0.25, -0.2) is 0 Å². The molecule has 1 aromatic carbocycles. The van der Waals surface area contributed by atoms with Crippen LogP contribution in [0.2, 0.25) is 5.02 Å². The van der Waals surface area contributed by atoms with Gasteiger partial charge in [-0.15, -0.1) is 0 Å². The Bertz CT molecular complexity index is 340. The Hall–Kier alpha value is -0.570. The van der Waals surface area contributed by atoms with Crippen LogP contribution in [0.15, 0.2) is 24.3 Å². The fourth-order valence-corrected chi connectivity index (χ4v) is 2.56. The van der Waals surface area contributed by atoms with E-state index in [0.717, 1.165) is 24.6 Å². The van der Waals surface area contributed by atoms with Crippen LogP contribution < -0.4 is 5.32 Å². The van der Waals surface area contributed by atoms with Gasteiger partial charge < -0.3 is 10.1 Å². The maximum atomic E-state index is 6.01. The molecule has 16 heavy (non-hydrogen) atoms. The Morgan fingerprint density at radius 3 is 3.12 bits per heavy atom. The zero-order valence-corrected chi connectivity index (χ0v) is 10.3. The van der Waals surface area contributed by atoms with E-state index in [4.69, 9.17) is 16.3 Å². The van der Waals surface area contributed by atoms with Crippen molar-refractivity contribution in [1.82, 2.24) is 5.32 Å². The molecule has 1 N–H and O–H groups in total. The van der Waals surface area contributed by atoms with Gasteiger partial charge >= 0.3 is 0 Å². The lowest BCUT2D eigenvalue weighted by Crippen LogP contribution is -2.33. The van der Waals surface area contributed by atoms with Crippen molar-refractivity contribution in [2.75, 3.05) is 20.3 Å². The second-order valence-corrected chi connectivity index (χ2v) is 4.84. The third kappa shape index (κ3) is 2.97. The lowest BCUT2D eigenvalue weighted by atomic mass is 9.89. The van der Waals surface area contributed by atoms with Crippen molar-refractivity contribution >= 4 is 11.6 Å². The summed E-state index contributed by atoms with van der Waals surface area (Å²) in [5, 5.41) is 4.35. The first-order valence-corrected chi connectivity index (χ1v) is 6.15. The van der Waals surface area contributed by atoms with Crippen LogP contribution in [0.1, 0.15) is 24.4 Å². The average Bonchev–Trinajstić information content (AvgIpc) is 2.30. The van der Waals surface area contributed by atoms with E-state index < -0.39 is 0 Å². The first-order chi connectivity index (χ1) is 7.79. The molecular formula is C13H18ClNO. The molecule has 0 spiro atoms. The minimum atomic E-state index is 0.424. The number of rotatable bonds is 3. The lowest BCUT2D eigenvalue weighted by Gasteiger charge is -2.30. The van der Waals surface area contributed by atoms with E-state index in [0.29, 0.717) is 12.0 Å². The van der Waals surface area contributed by atoms with Crippen molar-refractivity contribution in [3.8, 4) is 0 Å². The van der Waals surface area contributed by atoms with E-state index >= 15 is 0 Å². The number of methoxy groups -OCH3 is 1. The summed E-state index contributed by atoms with van der Waals surface area (Å²) in [6.45, 7) is 1.92. The van der Waals surface area contributed by atoms with Gasteiger partial charge in [0.1, 0.15) is 0 Å². The van der Waals surface area contributed by atoms with E-state index in [-0.39, 0.29) is 0 Å². The Morgan fingerprint density at radius 2 is 2.38 bits per heavy atom. The van der Waals surface area contributed by atoms with Gasteiger partial charge in [0, 0.05) is 24.8 Å². The van der Waals surface area contributed by atoms with Gasteiger partial charge in [0.15, 0.2) is 0 Å². The molecule has 2 rings (SSSR count). The molecule has 0 aliphatic carbocycles. The Kier molecular flexibility index (Phi) is 4.22. The number of hydrogen-bond donors (Lipinski definition) is 1. The van der Waals surface area contributed by atoms with E-state index in [1.807, 2.05) is 12.1 Å². The zero-order chi connectivity index (χ0) is 11.4. The van der Waals surface area contributed by atoms with Gasteiger partial charge in [-0.05, 0) is 43.0 Å². The number of nitrogens with one attached hydrogen (secondary N) is 1. The highest BCUT2D eigenvalue weighted by Gasteiger charge is 2.22. The predicted molar refractivity (Wildman–Crippen MR) is 66.8 cm³/mol. The summed E-state index contributed by atoms with van der Waals surface area (Å²) in [6.07, 6.45) is 2.33. The van der Waals surface area contributed by atoms with E-state index in [2.05, 4.69) is 17.4 Å². The van der Waals surface area contributed by atoms with Crippen LogP contribution in [0.25, 0.3) is 0 Å². The molecule has 1 saturated heterocycles. The van der Waals surface area contributed by atoms with Crippen LogP contribution in [0, 0.1) is 5.92 Å². The largest absolute Gasteiger partial charge is 0.384 e. The number of piperidine rings is 1. The molecule has 1 aromatic rings. The van der Waals surface area contributed by atoms with Crippen molar-refractivity contribution in [3.63, 3.8) is 0 Å². The standard InChI is InChI=1S/C13H18ClNO/c1-16-9-10-5-6-15-13(7-10)11-3-2-4-12(14)8-11/h2-4,8,10,13,15H,5-7,9H2,1H3. The van der Waals surface area contributed by atoms with Crippen molar-refractivity contribution in [3.05, 3.63) is 34.9 Å². The Labute approximate surface area is 102 Å². The third-order valence-electron chi connectivity index (χ3n) is 3.17. The topological polar surface area (TPSA) is 21.3 Å². The summed E-state index contributed by atoms with van der Waals surface area (Å²) in [5.74, 6) is 0.662. The van der Waals surface area contributed by atoms with Crippen molar-refractivity contribution in [2.24, 2.45) is 5.92 Å². The molecule has 0 saturated carbocycles. The molecule has 1 aliphatic rings. The highest BCUT2D eigenvalue weighted by molar-refractivity contribution is 6.30. The molecule has 1 fully saturated rings. The van der Waals surface area contributed by atoms with Gasteiger partial charge in [0.2, 0.25) is 0 Å². The average molecular weight is 240 g/mol. The molecule has 1 aliphatic heterocycles. The summed E-state index contributed by atoms with van der Waals surface area (Å²) >= 11 is 6.01. The monoisotopic (exact) mass is 239 g/mol. The molecule has 2 nitrogen and oxygen atoms in total. The number of halogens is 1. The normalized spacial score (nSPS) is 25.6. The molecule has 2 unspecified atom stereocenters. The smallest absolute Gasteiger partial charge is 0.0491 e. The maximum Gasteiger partial charge on any atom is 0.0491 e. The van der Waals surface area contributed by atoms with Gasteiger partial charge in [0.05, 0.1) is 0 Å². The van der Waals surface area contributed by atoms with Crippen LogP contribution in [0.3, 0.4) is 0 Å². The number of ether oxygens (including phenoxy) is 1. The number of benzene rings is 1. The molecule has 88 valence electrons. The van der Waals surface area contributed by atoms with Crippen molar-refractivity contribution < 1.29 is 4.74 Å². The fraction of sp³-hybridized carbons (Fsp3) is 0.538. The quantitative estimate of drug-likeness (QED) is 0.876. The highest BCUT2D eigenvalue weighted by Crippen LogP contribution is 2.28.